The predicted molar refractivity (Wildman–Crippen MR) is 86.5 cm³/mol. The van der Waals surface area contributed by atoms with E-state index in [1.54, 1.807) is 18.2 Å². The topological polar surface area (TPSA) is 70.2 Å². The average Bonchev–Trinajstić information content (AvgIpc) is 2.54. The number of aromatic amines is 1. The molecule has 4 nitrogen and oxygen atoms in total. The molecule has 0 unspecified atom stereocenters. The van der Waals surface area contributed by atoms with Gasteiger partial charge in [0, 0.05) is 16.3 Å². The molecule has 0 bridgehead atoms. The van der Waals surface area contributed by atoms with Crippen molar-refractivity contribution >= 4 is 38.5 Å². The van der Waals surface area contributed by atoms with Gasteiger partial charge in [0.15, 0.2) is 5.43 Å². The Balaban J connectivity index is 2.39. The summed E-state index contributed by atoms with van der Waals surface area (Å²) in [5.41, 5.74) is 1.04. The van der Waals surface area contributed by atoms with Crippen LogP contribution in [0.2, 0.25) is 0 Å². The molecule has 0 radical (unpaired) electrons. The highest BCUT2D eigenvalue weighted by molar-refractivity contribution is 6.16. The highest BCUT2D eigenvalue weighted by Gasteiger charge is 2.16. The van der Waals surface area contributed by atoms with Crippen molar-refractivity contribution in [1.29, 1.82) is 0 Å². The second-order valence-corrected chi connectivity index (χ2v) is 5.20. The molecule has 2 N–H and O–H groups in total. The monoisotopic (exact) mass is 289 g/mol. The molecular formula is C18H11NO3. The molecule has 4 heteroatoms. The van der Waals surface area contributed by atoms with E-state index in [9.17, 15) is 14.7 Å². The van der Waals surface area contributed by atoms with E-state index >= 15 is 0 Å². The van der Waals surface area contributed by atoms with Crippen molar-refractivity contribution in [2.24, 2.45) is 0 Å². The van der Waals surface area contributed by atoms with Crippen LogP contribution in [0.4, 0.5) is 0 Å². The van der Waals surface area contributed by atoms with Crippen molar-refractivity contribution in [1.82, 2.24) is 4.98 Å². The normalized spacial score (nSPS) is 11.3. The molecule has 1 aromatic heterocycles. The summed E-state index contributed by atoms with van der Waals surface area (Å²) in [7, 11) is 0. The first-order valence-corrected chi connectivity index (χ1v) is 6.86. The van der Waals surface area contributed by atoms with E-state index in [1.165, 1.54) is 0 Å². The molecule has 0 aliphatic rings. The van der Waals surface area contributed by atoms with Crippen LogP contribution < -0.4 is 5.43 Å². The predicted octanol–water partition coefficient (Wildman–Crippen LogP) is 3.53. The van der Waals surface area contributed by atoms with Gasteiger partial charge in [-0.25, -0.2) is 4.79 Å². The highest BCUT2D eigenvalue weighted by atomic mass is 16.4. The molecule has 4 rings (SSSR count). The molecule has 0 aliphatic heterocycles. The summed E-state index contributed by atoms with van der Waals surface area (Å²) in [6, 6.07) is 16.1. The standard InChI is InChI=1S/C18H11NO3/c20-17-12-7-3-4-8-14(12)19-16-11-6-2-1-5-10(11)9-13(15(16)17)18(21)22/h1-9H,(H,19,20)(H,21,22). The van der Waals surface area contributed by atoms with Gasteiger partial charge in [-0.3, -0.25) is 4.79 Å². The maximum Gasteiger partial charge on any atom is 0.336 e. The lowest BCUT2D eigenvalue weighted by Gasteiger charge is -2.09. The third-order valence-corrected chi connectivity index (χ3v) is 3.94. The van der Waals surface area contributed by atoms with E-state index in [0.29, 0.717) is 16.4 Å². The number of carbonyl (C=O) groups is 1. The number of carboxylic acids is 1. The first kappa shape index (κ1) is 12.6. The molecule has 0 spiro atoms. The van der Waals surface area contributed by atoms with Crippen LogP contribution in [0.3, 0.4) is 0 Å². The smallest absolute Gasteiger partial charge is 0.336 e. The van der Waals surface area contributed by atoms with Crippen LogP contribution in [0.1, 0.15) is 10.4 Å². The largest absolute Gasteiger partial charge is 0.478 e. The van der Waals surface area contributed by atoms with Gasteiger partial charge in [-0.2, -0.15) is 0 Å². The van der Waals surface area contributed by atoms with Gasteiger partial charge in [-0.1, -0.05) is 36.4 Å². The second kappa shape index (κ2) is 4.43. The number of nitrogens with one attached hydrogen (secondary N) is 1. The van der Waals surface area contributed by atoms with Crippen LogP contribution in [0.15, 0.2) is 59.4 Å². The Kier molecular flexibility index (Phi) is 2.53. The summed E-state index contributed by atoms with van der Waals surface area (Å²) in [5.74, 6) is -1.10. The second-order valence-electron chi connectivity index (χ2n) is 5.20. The maximum absolute atomic E-state index is 12.8. The van der Waals surface area contributed by atoms with Crippen LogP contribution in [-0.4, -0.2) is 16.1 Å². The fourth-order valence-corrected chi connectivity index (χ4v) is 2.94. The lowest BCUT2D eigenvalue weighted by atomic mass is 9.99. The number of pyridine rings is 1. The molecule has 0 atom stereocenters. The van der Waals surface area contributed by atoms with Gasteiger partial charge in [0.05, 0.1) is 16.5 Å². The van der Waals surface area contributed by atoms with E-state index in [0.717, 1.165) is 10.8 Å². The minimum atomic E-state index is -1.10. The molecule has 0 amide bonds. The number of benzene rings is 3. The Labute approximate surface area is 124 Å². The number of rotatable bonds is 1. The zero-order valence-electron chi connectivity index (χ0n) is 11.5. The Bertz CT molecular complexity index is 1130. The van der Waals surface area contributed by atoms with Crippen LogP contribution in [0.5, 0.6) is 0 Å². The van der Waals surface area contributed by atoms with Gasteiger partial charge >= 0.3 is 5.97 Å². The summed E-state index contributed by atoms with van der Waals surface area (Å²) in [4.78, 5) is 27.6. The summed E-state index contributed by atoms with van der Waals surface area (Å²) in [5, 5.41) is 11.8. The van der Waals surface area contributed by atoms with Crippen molar-refractivity contribution in [3.63, 3.8) is 0 Å². The summed E-state index contributed by atoms with van der Waals surface area (Å²) in [6.45, 7) is 0. The molecule has 0 saturated carbocycles. The molecule has 0 aliphatic carbocycles. The minimum Gasteiger partial charge on any atom is -0.478 e. The van der Waals surface area contributed by atoms with Crippen molar-refractivity contribution < 1.29 is 9.90 Å². The average molecular weight is 289 g/mol. The third kappa shape index (κ3) is 1.64. The Morgan fingerprint density at radius 3 is 2.41 bits per heavy atom. The highest BCUT2D eigenvalue weighted by Crippen LogP contribution is 2.27. The first-order valence-electron chi connectivity index (χ1n) is 6.86. The number of carboxylic acid groups (broad SMARTS) is 1. The Morgan fingerprint density at radius 1 is 0.955 bits per heavy atom. The van der Waals surface area contributed by atoms with E-state index in [4.69, 9.17) is 0 Å². The van der Waals surface area contributed by atoms with Crippen LogP contribution in [0.25, 0.3) is 32.6 Å². The van der Waals surface area contributed by atoms with Crippen LogP contribution in [-0.2, 0) is 0 Å². The van der Waals surface area contributed by atoms with Gasteiger partial charge < -0.3 is 10.1 Å². The lowest BCUT2D eigenvalue weighted by Crippen LogP contribution is -2.10. The van der Waals surface area contributed by atoms with Gasteiger partial charge in [0.1, 0.15) is 0 Å². The zero-order valence-corrected chi connectivity index (χ0v) is 11.5. The summed E-state index contributed by atoms with van der Waals surface area (Å²) in [6.07, 6.45) is 0. The molecule has 22 heavy (non-hydrogen) atoms. The van der Waals surface area contributed by atoms with E-state index < -0.39 is 5.97 Å². The van der Waals surface area contributed by atoms with E-state index in [-0.39, 0.29) is 16.4 Å². The van der Waals surface area contributed by atoms with Crippen molar-refractivity contribution in [2.45, 2.75) is 0 Å². The molecule has 0 fully saturated rings. The van der Waals surface area contributed by atoms with Crippen molar-refractivity contribution in [2.75, 3.05) is 0 Å². The molecule has 0 saturated heterocycles. The Hall–Kier alpha value is -3.14. The summed E-state index contributed by atoms with van der Waals surface area (Å²) < 4.78 is 0. The fourth-order valence-electron chi connectivity index (χ4n) is 2.94. The summed E-state index contributed by atoms with van der Waals surface area (Å²) >= 11 is 0. The van der Waals surface area contributed by atoms with Crippen LogP contribution in [0, 0.1) is 0 Å². The minimum absolute atomic E-state index is 0.0284. The fraction of sp³-hybridized carbons (Fsp3) is 0. The van der Waals surface area contributed by atoms with Gasteiger partial charge in [-0.05, 0) is 23.6 Å². The number of aromatic nitrogens is 1. The van der Waals surface area contributed by atoms with Gasteiger partial charge in [0.2, 0.25) is 0 Å². The zero-order chi connectivity index (χ0) is 15.3. The molecule has 106 valence electrons. The van der Waals surface area contributed by atoms with Gasteiger partial charge in [0.25, 0.3) is 0 Å². The number of H-pyrrole nitrogens is 1. The number of fused-ring (bicyclic) bond motifs is 4. The van der Waals surface area contributed by atoms with Gasteiger partial charge in [-0.15, -0.1) is 0 Å². The van der Waals surface area contributed by atoms with Crippen LogP contribution >= 0.6 is 0 Å². The first-order chi connectivity index (χ1) is 10.7. The molecular weight excluding hydrogens is 278 g/mol. The third-order valence-electron chi connectivity index (χ3n) is 3.94. The maximum atomic E-state index is 12.8. The lowest BCUT2D eigenvalue weighted by molar-refractivity contribution is 0.0699. The van der Waals surface area contributed by atoms with Crippen molar-refractivity contribution in [3.05, 3.63) is 70.4 Å². The number of hydrogen-bond donors (Lipinski definition) is 2. The molecule has 1 heterocycles. The number of aromatic carboxylic acids is 1. The van der Waals surface area contributed by atoms with Crippen molar-refractivity contribution in [3.8, 4) is 0 Å². The quantitative estimate of drug-likeness (QED) is 0.416. The Morgan fingerprint density at radius 2 is 1.64 bits per heavy atom. The molecule has 4 aromatic rings. The number of hydrogen-bond acceptors (Lipinski definition) is 2. The van der Waals surface area contributed by atoms with E-state index in [1.807, 2.05) is 36.4 Å². The number of para-hydroxylation sites is 1. The SMILES string of the molecule is O=C(O)c1cc2ccccc2c2[nH]c3ccccc3c(=O)c12. The molecule has 3 aromatic carbocycles. The van der Waals surface area contributed by atoms with E-state index in [2.05, 4.69) is 4.98 Å².